The fourth-order valence-corrected chi connectivity index (χ4v) is 3.29. The van der Waals surface area contributed by atoms with Crippen molar-refractivity contribution in [1.82, 2.24) is 0 Å². The lowest BCUT2D eigenvalue weighted by Crippen LogP contribution is -2.47. The van der Waals surface area contributed by atoms with Crippen molar-refractivity contribution in [3.05, 3.63) is 71.8 Å². The van der Waals surface area contributed by atoms with E-state index >= 15 is 0 Å². The second-order valence-corrected chi connectivity index (χ2v) is 5.66. The van der Waals surface area contributed by atoms with Crippen molar-refractivity contribution in [2.45, 2.75) is 25.2 Å². The van der Waals surface area contributed by atoms with Gasteiger partial charge in [0.15, 0.2) is 5.72 Å². The van der Waals surface area contributed by atoms with Gasteiger partial charge >= 0.3 is 0 Å². The van der Waals surface area contributed by atoms with E-state index in [4.69, 9.17) is 6.11 Å². The van der Waals surface area contributed by atoms with Crippen LogP contribution in [0.3, 0.4) is 0 Å². The van der Waals surface area contributed by atoms with Crippen molar-refractivity contribution in [2.75, 3.05) is 11.4 Å². The molecule has 2 aromatic rings. The first kappa shape index (κ1) is 11.6. The molecule has 0 bridgehead atoms. The lowest BCUT2D eigenvalue weighted by atomic mass is 10.0. The summed E-state index contributed by atoms with van der Waals surface area (Å²) in [6, 6.07) is 19.0. The van der Waals surface area contributed by atoms with Crippen molar-refractivity contribution in [1.29, 1.82) is 0 Å². The second kappa shape index (κ2) is 5.05. The van der Waals surface area contributed by atoms with Crippen LogP contribution in [0.15, 0.2) is 60.6 Å². The van der Waals surface area contributed by atoms with Gasteiger partial charge in [-0.15, -0.1) is 0 Å². The van der Waals surface area contributed by atoms with Crippen molar-refractivity contribution >= 4 is 11.8 Å². The first-order valence-electron chi connectivity index (χ1n) is 8.03. The molecule has 0 saturated carbocycles. The number of hydrogen-bond acceptors (Lipinski definition) is 2. The molecule has 0 N–H and O–H groups in total. The van der Waals surface area contributed by atoms with E-state index in [9.17, 15) is 0 Å². The van der Waals surface area contributed by atoms with E-state index in [-0.39, 0.29) is 0 Å². The zero-order valence-electron chi connectivity index (χ0n) is 13.0. The number of hydrogen-bond donors (Lipinski definition) is 0. The minimum absolute atomic E-state index is 0.547. The summed E-state index contributed by atoms with van der Waals surface area (Å²) in [4.78, 5) is 2.27. The smallest absolute Gasteiger partial charge is 0.161 e. The summed E-state index contributed by atoms with van der Waals surface area (Å²) in [6.07, 6.45) is 3.87. The fraction of sp³-hybridized carbons (Fsp3) is 0.263. The lowest BCUT2D eigenvalue weighted by Gasteiger charge is -2.42. The maximum atomic E-state index is 8.66. The molecule has 2 aliphatic heterocycles. The Balaban J connectivity index is 1.76. The predicted molar refractivity (Wildman–Crippen MR) is 86.0 cm³/mol. The molecular weight excluding hydrogens is 258 g/mol. The molecule has 2 aromatic carbocycles. The number of rotatable bonds is 2. The van der Waals surface area contributed by atoms with Gasteiger partial charge in [0.2, 0.25) is 0 Å². The molecular formula is C19H19NO. The third-order valence-corrected chi connectivity index (χ3v) is 4.35. The average molecular weight is 278 g/mol. The predicted octanol–water partition coefficient (Wildman–Crippen LogP) is 4.23. The zero-order valence-corrected chi connectivity index (χ0v) is 12.0. The first-order chi connectivity index (χ1) is 10.8. The lowest BCUT2D eigenvalue weighted by molar-refractivity contribution is -0.0209. The normalized spacial score (nSPS) is 25.2. The SMILES string of the molecule is [2H]/C(=C\c1ccccc1)C12CCCN1c1ccccc1CO2. The molecule has 106 valence electrons. The Bertz CT molecular complexity index is 712. The molecule has 1 unspecified atom stereocenters. The van der Waals surface area contributed by atoms with Crippen LogP contribution in [0.1, 0.15) is 25.3 Å². The highest BCUT2D eigenvalue weighted by molar-refractivity contribution is 5.61. The Morgan fingerprint density at radius 3 is 2.81 bits per heavy atom. The summed E-state index contributed by atoms with van der Waals surface area (Å²) in [5, 5.41) is 0. The first-order valence-corrected chi connectivity index (χ1v) is 7.53. The van der Waals surface area contributed by atoms with Gasteiger partial charge in [0.05, 0.1) is 7.98 Å². The average Bonchev–Trinajstić information content (AvgIpc) is 3.01. The van der Waals surface area contributed by atoms with Crippen LogP contribution >= 0.6 is 0 Å². The molecule has 0 amide bonds. The van der Waals surface area contributed by atoms with Crippen molar-refractivity contribution < 1.29 is 6.11 Å². The standard InChI is InChI=1S/C19H19NO/c1-2-7-16(8-3-1)11-13-19-12-6-14-20(19)18-10-5-4-9-17(18)15-21-19/h1-5,7-11,13H,6,12,14-15H2/b13-11+/i13D. The number of para-hydroxylation sites is 1. The van der Waals surface area contributed by atoms with E-state index in [1.807, 2.05) is 42.5 Å². The number of ether oxygens (including phenoxy) is 1. The highest BCUT2D eigenvalue weighted by Gasteiger charge is 2.43. The zero-order chi connectivity index (χ0) is 15.0. The Hall–Kier alpha value is -2.06. The van der Waals surface area contributed by atoms with Crippen LogP contribution in [0, 0.1) is 0 Å². The Morgan fingerprint density at radius 2 is 1.90 bits per heavy atom. The van der Waals surface area contributed by atoms with Crippen LogP contribution in [-0.4, -0.2) is 12.3 Å². The minimum Gasteiger partial charge on any atom is -0.347 e. The number of nitrogens with zero attached hydrogens (tertiary/aromatic N) is 1. The quantitative estimate of drug-likeness (QED) is 0.815. The van der Waals surface area contributed by atoms with Gasteiger partial charge in [-0.2, -0.15) is 0 Å². The maximum absolute atomic E-state index is 8.66. The molecule has 21 heavy (non-hydrogen) atoms. The van der Waals surface area contributed by atoms with Crippen molar-refractivity contribution in [2.24, 2.45) is 0 Å². The molecule has 2 aliphatic rings. The van der Waals surface area contributed by atoms with Crippen LogP contribution in [0.25, 0.3) is 6.08 Å². The van der Waals surface area contributed by atoms with Crippen LogP contribution in [0.4, 0.5) is 5.69 Å². The van der Waals surface area contributed by atoms with Crippen molar-refractivity contribution in [3.8, 4) is 0 Å². The van der Waals surface area contributed by atoms with E-state index in [0.29, 0.717) is 12.7 Å². The Kier molecular flexibility index (Phi) is 2.78. The van der Waals surface area contributed by atoms with Crippen LogP contribution in [0.5, 0.6) is 0 Å². The minimum atomic E-state index is -0.593. The molecule has 2 nitrogen and oxygen atoms in total. The van der Waals surface area contributed by atoms with E-state index < -0.39 is 5.72 Å². The highest BCUT2D eigenvalue weighted by Crippen LogP contribution is 2.42. The van der Waals surface area contributed by atoms with Crippen LogP contribution < -0.4 is 4.90 Å². The van der Waals surface area contributed by atoms with Gasteiger partial charge < -0.3 is 9.64 Å². The largest absolute Gasteiger partial charge is 0.347 e. The summed E-state index contributed by atoms with van der Waals surface area (Å²) in [5.74, 6) is 0. The molecule has 1 atom stereocenters. The van der Waals surface area contributed by atoms with Gasteiger partial charge in [-0.3, -0.25) is 0 Å². The summed E-state index contributed by atoms with van der Waals surface area (Å²) in [6.45, 7) is 1.53. The number of fused-ring (bicyclic) bond motifs is 3. The van der Waals surface area contributed by atoms with E-state index in [1.54, 1.807) is 0 Å². The van der Waals surface area contributed by atoms with Gasteiger partial charge in [0.25, 0.3) is 0 Å². The van der Waals surface area contributed by atoms with Crippen LogP contribution in [-0.2, 0) is 11.3 Å². The molecule has 0 aliphatic carbocycles. The van der Waals surface area contributed by atoms with Gasteiger partial charge in [-0.25, -0.2) is 0 Å². The molecule has 1 saturated heterocycles. The summed E-state index contributed by atoms with van der Waals surface area (Å²) in [7, 11) is 0. The monoisotopic (exact) mass is 278 g/mol. The van der Waals surface area contributed by atoms with Gasteiger partial charge in [0.1, 0.15) is 0 Å². The molecule has 0 radical (unpaired) electrons. The van der Waals surface area contributed by atoms with Gasteiger partial charge in [0, 0.05) is 24.2 Å². The van der Waals surface area contributed by atoms with Crippen molar-refractivity contribution in [3.63, 3.8) is 0 Å². The summed E-state index contributed by atoms with van der Waals surface area (Å²) >= 11 is 0. The fourth-order valence-electron chi connectivity index (χ4n) is 3.29. The third-order valence-electron chi connectivity index (χ3n) is 4.35. The molecule has 0 spiro atoms. The number of benzene rings is 2. The molecule has 4 rings (SSSR count). The van der Waals surface area contributed by atoms with E-state index in [2.05, 4.69) is 23.1 Å². The number of anilines is 1. The molecule has 1 fully saturated rings. The molecule has 2 heterocycles. The molecule has 0 aromatic heterocycles. The molecule has 2 heteroatoms. The Labute approximate surface area is 127 Å². The summed E-state index contributed by atoms with van der Waals surface area (Å²) in [5.41, 5.74) is 2.89. The highest BCUT2D eigenvalue weighted by atomic mass is 16.5. The van der Waals surface area contributed by atoms with Gasteiger partial charge in [-0.1, -0.05) is 54.6 Å². The maximum Gasteiger partial charge on any atom is 0.161 e. The topological polar surface area (TPSA) is 12.5 Å². The Morgan fingerprint density at radius 1 is 1.10 bits per heavy atom. The van der Waals surface area contributed by atoms with E-state index in [0.717, 1.165) is 24.9 Å². The second-order valence-electron chi connectivity index (χ2n) is 5.66. The van der Waals surface area contributed by atoms with Crippen LogP contribution in [0.2, 0.25) is 0 Å². The third kappa shape index (κ3) is 2.16. The van der Waals surface area contributed by atoms with Gasteiger partial charge in [-0.05, 0) is 24.1 Å². The summed E-state index contributed by atoms with van der Waals surface area (Å²) < 4.78 is 14.9. The van der Waals surface area contributed by atoms with E-state index in [1.165, 1.54) is 11.3 Å².